The predicted octanol–water partition coefficient (Wildman–Crippen LogP) is 2.47. The molecule has 0 unspecified atom stereocenters. The fourth-order valence-electron chi connectivity index (χ4n) is 2.50. The number of hydrogen-bond acceptors (Lipinski definition) is 4. The standard InChI is InChI=1S/C18H29N3OSi/c1-5-22-12-11-20-7-9-21(10-8-20)18-14-17(15-19-16-18)6-13-23(2,3)4/h14-16H,5,7-12H2,1-4H3. The van der Waals surface area contributed by atoms with Gasteiger partial charge in [-0.05, 0) is 13.0 Å². The van der Waals surface area contributed by atoms with E-state index in [1.807, 2.05) is 19.3 Å². The van der Waals surface area contributed by atoms with Crippen LogP contribution in [0.1, 0.15) is 12.5 Å². The van der Waals surface area contributed by atoms with Crippen molar-refractivity contribution in [1.82, 2.24) is 9.88 Å². The SMILES string of the molecule is CCOCCN1CCN(c2cncc(C#C[Si](C)(C)C)c2)CC1. The Balaban J connectivity index is 1.92. The summed E-state index contributed by atoms with van der Waals surface area (Å²) in [7, 11) is -1.34. The van der Waals surface area contributed by atoms with E-state index in [1.165, 1.54) is 5.69 Å². The molecule has 0 aromatic carbocycles. The number of nitrogens with zero attached hydrogens (tertiary/aromatic N) is 3. The lowest BCUT2D eigenvalue weighted by atomic mass is 10.2. The summed E-state index contributed by atoms with van der Waals surface area (Å²) in [4.78, 5) is 9.25. The zero-order valence-electron chi connectivity index (χ0n) is 14.9. The largest absolute Gasteiger partial charge is 0.380 e. The molecular formula is C18H29N3OSi. The van der Waals surface area contributed by atoms with Gasteiger partial charge < -0.3 is 9.64 Å². The molecule has 1 aromatic heterocycles. The molecular weight excluding hydrogens is 302 g/mol. The molecule has 1 aliphatic rings. The highest BCUT2D eigenvalue weighted by Gasteiger charge is 2.17. The molecule has 4 nitrogen and oxygen atoms in total. The molecule has 5 heteroatoms. The molecule has 0 amide bonds. The van der Waals surface area contributed by atoms with Crippen LogP contribution >= 0.6 is 0 Å². The Bertz CT molecular complexity index is 551. The van der Waals surface area contributed by atoms with Gasteiger partial charge in [-0.15, -0.1) is 5.54 Å². The summed E-state index contributed by atoms with van der Waals surface area (Å²) in [6.07, 6.45) is 3.82. The van der Waals surface area contributed by atoms with Crippen LogP contribution in [0.3, 0.4) is 0 Å². The first-order valence-corrected chi connectivity index (χ1v) is 12.0. The average Bonchev–Trinajstić information content (AvgIpc) is 2.54. The minimum absolute atomic E-state index is 0.802. The maximum atomic E-state index is 5.44. The van der Waals surface area contributed by atoms with E-state index in [0.717, 1.165) is 51.5 Å². The van der Waals surface area contributed by atoms with Crippen molar-refractivity contribution in [1.29, 1.82) is 0 Å². The highest BCUT2D eigenvalue weighted by Crippen LogP contribution is 2.16. The molecule has 23 heavy (non-hydrogen) atoms. The maximum Gasteiger partial charge on any atom is 0.129 e. The summed E-state index contributed by atoms with van der Waals surface area (Å²) in [5, 5.41) is 0. The predicted molar refractivity (Wildman–Crippen MR) is 99.6 cm³/mol. The van der Waals surface area contributed by atoms with Crippen LogP contribution in [-0.2, 0) is 4.74 Å². The second-order valence-corrected chi connectivity index (χ2v) is 11.7. The Hall–Kier alpha value is -1.35. The van der Waals surface area contributed by atoms with Crippen LogP contribution in [0.5, 0.6) is 0 Å². The van der Waals surface area contributed by atoms with Gasteiger partial charge in [0.05, 0.1) is 18.5 Å². The molecule has 1 aliphatic heterocycles. The van der Waals surface area contributed by atoms with Gasteiger partial charge in [-0.1, -0.05) is 25.6 Å². The second-order valence-electron chi connectivity index (χ2n) is 6.96. The molecule has 2 rings (SSSR count). The van der Waals surface area contributed by atoms with Gasteiger partial charge in [0.15, 0.2) is 0 Å². The van der Waals surface area contributed by atoms with Crippen LogP contribution in [0.4, 0.5) is 5.69 Å². The summed E-state index contributed by atoms with van der Waals surface area (Å²) in [5.41, 5.74) is 5.64. The van der Waals surface area contributed by atoms with Gasteiger partial charge in [0, 0.05) is 51.1 Å². The van der Waals surface area contributed by atoms with E-state index in [4.69, 9.17) is 4.74 Å². The number of rotatable bonds is 5. The number of pyridine rings is 1. The Morgan fingerprint density at radius 1 is 1.17 bits per heavy atom. The van der Waals surface area contributed by atoms with Gasteiger partial charge >= 0.3 is 0 Å². The molecule has 0 bridgehead atoms. The highest BCUT2D eigenvalue weighted by atomic mass is 28.3. The van der Waals surface area contributed by atoms with E-state index >= 15 is 0 Å². The van der Waals surface area contributed by atoms with E-state index in [9.17, 15) is 0 Å². The van der Waals surface area contributed by atoms with Crippen molar-refractivity contribution >= 4 is 13.8 Å². The van der Waals surface area contributed by atoms with Gasteiger partial charge in [0.1, 0.15) is 8.07 Å². The molecule has 0 radical (unpaired) electrons. The summed E-state index contributed by atoms with van der Waals surface area (Å²) in [5.74, 6) is 3.30. The summed E-state index contributed by atoms with van der Waals surface area (Å²) in [6.45, 7) is 15.7. The van der Waals surface area contributed by atoms with E-state index in [0.29, 0.717) is 0 Å². The van der Waals surface area contributed by atoms with Crippen LogP contribution in [0.2, 0.25) is 19.6 Å². The lowest BCUT2D eigenvalue weighted by molar-refractivity contribution is 0.111. The van der Waals surface area contributed by atoms with E-state index in [1.54, 1.807) is 0 Å². The van der Waals surface area contributed by atoms with E-state index in [2.05, 4.69) is 52.0 Å². The molecule has 2 heterocycles. The minimum Gasteiger partial charge on any atom is -0.380 e. The Labute approximate surface area is 141 Å². The number of ether oxygens (including phenoxy) is 1. The fourth-order valence-corrected chi connectivity index (χ4v) is 3.02. The van der Waals surface area contributed by atoms with E-state index in [-0.39, 0.29) is 0 Å². The average molecular weight is 332 g/mol. The number of aromatic nitrogens is 1. The number of hydrogen-bond donors (Lipinski definition) is 0. The molecule has 0 aliphatic carbocycles. The number of anilines is 1. The minimum atomic E-state index is -1.34. The molecule has 0 saturated carbocycles. The quantitative estimate of drug-likeness (QED) is 0.471. The molecule has 1 saturated heterocycles. The first kappa shape index (κ1) is 18.0. The zero-order valence-corrected chi connectivity index (χ0v) is 15.9. The molecule has 1 fully saturated rings. The van der Waals surface area contributed by atoms with Gasteiger partial charge in [-0.3, -0.25) is 9.88 Å². The first-order valence-electron chi connectivity index (χ1n) is 8.51. The monoisotopic (exact) mass is 331 g/mol. The Morgan fingerprint density at radius 2 is 1.91 bits per heavy atom. The highest BCUT2D eigenvalue weighted by molar-refractivity contribution is 6.83. The van der Waals surface area contributed by atoms with Crippen LogP contribution in [-0.4, -0.2) is 63.9 Å². The summed E-state index contributed by atoms with van der Waals surface area (Å²) >= 11 is 0. The van der Waals surface area contributed by atoms with Gasteiger partial charge in [0.2, 0.25) is 0 Å². The van der Waals surface area contributed by atoms with Crippen LogP contribution in [0, 0.1) is 11.5 Å². The van der Waals surface area contributed by atoms with Crippen LogP contribution in [0.15, 0.2) is 18.5 Å². The summed E-state index contributed by atoms with van der Waals surface area (Å²) < 4.78 is 5.44. The lowest BCUT2D eigenvalue weighted by Crippen LogP contribution is -2.47. The van der Waals surface area contributed by atoms with E-state index < -0.39 is 8.07 Å². The molecule has 0 N–H and O–H groups in total. The molecule has 1 aromatic rings. The third-order valence-corrected chi connectivity index (χ3v) is 4.67. The number of piperazine rings is 1. The lowest BCUT2D eigenvalue weighted by Gasteiger charge is -2.35. The smallest absolute Gasteiger partial charge is 0.129 e. The van der Waals surface area contributed by atoms with Gasteiger partial charge in [-0.2, -0.15) is 0 Å². The van der Waals surface area contributed by atoms with Crippen molar-refractivity contribution in [2.75, 3.05) is 50.8 Å². The molecule has 0 spiro atoms. The normalized spacial score (nSPS) is 16.1. The van der Waals surface area contributed by atoms with Crippen molar-refractivity contribution in [3.8, 4) is 11.5 Å². The first-order chi connectivity index (χ1) is 11.0. The van der Waals surface area contributed by atoms with Crippen molar-refractivity contribution in [3.05, 3.63) is 24.0 Å². The second kappa shape index (κ2) is 8.49. The summed E-state index contributed by atoms with van der Waals surface area (Å²) in [6, 6.07) is 2.18. The maximum absolute atomic E-state index is 5.44. The van der Waals surface area contributed by atoms with Crippen molar-refractivity contribution < 1.29 is 4.74 Å². The molecule has 0 atom stereocenters. The third kappa shape index (κ3) is 6.34. The van der Waals surface area contributed by atoms with Crippen LogP contribution < -0.4 is 4.90 Å². The van der Waals surface area contributed by atoms with Crippen molar-refractivity contribution in [2.45, 2.75) is 26.6 Å². The van der Waals surface area contributed by atoms with Crippen LogP contribution in [0.25, 0.3) is 0 Å². The fraction of sp³-hybridized carbons (Fsp3) is 0.611. The molecule has 126 valence electrons. The topological polar surface area (TPSA) is 28.6 Å². The van der Waals surface area contributed by atoms with Gasteiger partial charge in [-0.25, -0.2) is 0 Å². The Morgan fingerprint density at radius 3 is 2.57 bits per heavy atom. The van der Waals surface area contributed by atoms with Crippen molar-refractivity contribution in [3.63, 3.8) is 0 Å². The third-order valence-electron chi connectivity index (χ3n) is 3.80. The zero-order chi connectivity index (χ0) is 16.7. The Kier molecular flexibility index (Phi) is 6.64. The van der Waals surface area contributed by atoms with Crippen molar-refractivity contribution in [2.24, 2.45) is 0 Å². The van der Waals surface area contributed by atoms with Gasteiger partial charge in [0.25, 0.3) is 0 Å².